The van der Waals surface area contributed by atoms with Crippen molar-refractivity contribution in [3.8, 4) is 5.75 Å². The highest BCUT2D eigenvalue weighted by molar-refractivity contribution is 5.45. The van der Waals surface area contributed by atoms with E-state index in [2.05, 4.69) is 0 Å². The molecule has 0 aliphatic heterocycles. The van der Waals surface area contributed by atoms with Crippen LogP contribution < -0.4 is 4.74 Å². The summed E-state index contributed by atoms with van der Waals surface area (Å²) in [7, 11) is 0. The number of nitrogens with zero attached hydrogens (tertiary/aromatic N) is 1. The number of nitro benzene ring substituents is 1. The number of hydrogen-bond acceptors (Lipinski definition) is 4. The van der Waals surface area contributed by atoms with Crippen LogP contribution >= 0.6 is 0 Å². The Morgan fingerprint density at radius 2 is 2.05 bits per heavy atom. The fraction of sp³-hybridized carbons (Fsp3) is 0.571. The van der Waals surface area contributed by atoms with Crippen LogP contribution in [0.3, 0.4) is 0 Å². The molecule has 0 spiro atoms. The van der Waals surface area contributed by atoms with Crippen molar-refractivity contribution in [3.05, 3.63) is 34.4 Å². The van der Waals surface area contributed by atoms with Gasteiger partial charge in [0.1, 0.15) is 6.61 Å². The van der Waals surface area contributed by atoms with Crippen LogP contribution in [0.2, 0.25) is 0 Å². The molecule has 1 aliphatic carbocycles. The van der Waals surface area contributed by atoms with Crippen LogP contribution in [0.5, 0.6) is 5.75 Å². The maximum Gasteiger partial charge on any atom is 0.310 e. The van der Waals surface area contributed by atoms with E-state index in [-0.39, 0.29) is 18.0 Å². The van der Waals surface area contributed by atoms with Crippen molar-refractivity contribution in [2.75, 3.05) is 6.61 Å². The molecule has 5 nitrogen and oxygen atoms in total. The predicted molar refractivity (Wildman–Crippen MR) is 71.2 cm³/mol. The number of rotatable bonds is 6. The minimum absolute atomic E-state index is 0.0597. The molecule has 0 radical (unpaired) electrons. The first-order valence-electron chi connectivity index (χ1n) is 6.71. The van der Waals surface area contributed by atoms with Crippen LogP contribution in [-0.4, -0.2) is 22.7 Å². The Hall–Kier alpha value is -1.62. The van der Waals surface area contributed by atoms with Gasteiger partial charge in [-0.2, -0.15) is 0 Å². The van der Waals surface area contributed by atoms with E-state index < -0.39 is 11.0 Å². The third kappa shape index (κ3) is 3.92. The standard InChI is InChI=1S/C14H19NO4/c16-12(9-11-5-1-2-6-11)10-19-14-8-4-3-7-13(14)15(17)18/h3-4,7-8,11-12,16H,1-2,5-6,9-10H2. The van der Waals surface area contributed by atoms with Crippen molar-refractivity contribution in [2.45, 2.75) is 38.2 Å². The molecule has 1 saturated carbocycles. The lowest BCUT2D eigenvalue weighted by molar-refractivity contribution is -0.385. The molecule has 0 aromatic heterocycles. The van der Waals surface area contributed by atoms with E-state index >= 15 is 0 Å². The summed E-state index contributed by atoms with van der Waals surface area (Å²) < 4.78 is 5.38. The van der Waals surface area contributed by atoms with Crippen molar-refractivity contribution < 1.29 is 14.8 Å². The maximum absolute atomic E-state index is 10.8. The molecule has 1 atom stereocenters. The second-order valence-corrected chi connectivity index (χ2v) is 5.08. The summed E-state index contributed by atoms with van der Waals surface area (Å²) >= 11 is 0. The smallest absolute Gasteiger partial charge is 0.310 e. The van der Waals surface area contributed by atoms with Gasteiger partial charge in [0, 0.05) is 6.07 Å². The highest BCUT2D eigenvalue weighted by atomic mass is 16.6. The van der Waals surface area contributed by atoms with E-state index in [1.54, 1.807) is 18.2 Å². The van der Waals surface area contributed by atoms with Crippen molar-refractivity contribution in [2.24, 2.45) is 5.92 Å². The number of aliphatic hydroxyl groups excluding tert-OH is 1. The molecule has 0 amide bonds. The first kappa shape index (κ1) is 13.8. The van der Waals surface area contributed by atoms with Gasteiger partial charge in [-0.1, -0.05) is 37.8 Å². The second-order valence-electron chi connectivity index (χ2n) is 5.08. The van der Waals surface area contributed by atoms with E-state index in [4.69, 9.17) is 4.74 Å². The van der Waals surface area contributed by atoms with Crippen molar-refractivity contribution >= 4 is 5.69 Å². The Kier molecular flexibility index (Phi) is 4.74. The highest BCUT2D eigenvalue weighted by Crippen LogP contribution is 2.29. The molecule has 0 saturated heterocycles. The highest BCUT2D eigenvalue weighted by Gasteiger charge is 2.20. The fourth-order valence-electron chi connectivity index (χ4n) is 2.61. The number of benzene rings is 1. The predicted octanol–water partition coefficient (Wildman–Crippen LogP) is 2.91. The topological polar surface area (TPSA) is 72.6 Å². The molecule has 2 rings (SSSR count). The van der Waals surface area contributed by atoms with Crippen molar-refractivity contribution in [3.63, 3.8) is 0 Å². The minimum atomic E-state index is -0.553. The van der Waals surface area contributed by atoms with Gasteiger partial charge < -0.3 is 9.84 Å². The van der Waals surface area contributed by atoms with Gasteiger partial charge in [-0.15, -0.1) is 0 Å². The molecule has 1 fully saturated rings. The average Bonchev–Trinajstić information content (AvgIpc) is 2.89. The summed E-state index contributed by atoms with van der Waals surface area (Å²) in [4.78, 5) is 10.3. The van der Waals surface area contributed by atoms with Crippen molar-refractivity contribution in [1.82, 2.24) is 0 Å². The second kappa shape index (κ2) is 6.52. The number of para-hydroxylation sites is 2. The lowest BCUT2D eigenvalue weighted by Crippen LogP contribution is -2.20. The third-order valence-corrected chi connectivity index (χ3v) is 3.57. The summed E-state index contributed by atoms with van der Waals surface area (Å²) in [6.07, 6.45) is 4.99. The van der Waals surface area contributed by atoms with Crippen LogP contribution in [-0.2, 0) is 0 Å². The summed E-state index contributed by atoms with van der Waals surface area (Å²) in [6.45, 7) is 0.112. The monoisotopic (exact) mass is 265 g/mol. The van der Waals surface area contributed by atoms with Crippen LogP contribution in [0, 0.1) is 16.0 Å². The van der Waals surface area contributed by atoms with Crippen LogP contribution in [0.4, 0.5) is 5.69 Å². The zero-order valence-corrected chi connectivity index (χ0v) is 10.8. The molecule has 1 aromatic carbocycles. The van der Waals surface area contributed by atoms with E-state index in [1.165, 1.54) is 31.7 Å². The molecule has 1 aliphatic rings. The fourth-order valence-corrected chi connectivity index (χ4v) is 2.61. The summed E-state index contributed by atoms with van der Waals surface area (Å²) in [5, 5.41) is 20.7. The van der Waals surface area contributed by atoms with Gasteiger partial charge in [0.05, 0.1) is 11.0 Å². The normalized spacial score (nSPS) is 17.3. The lowest BCUT2D eigenvalue weighted by Gasteiger charge is -2.16. The van der Waals surface area contributed by atoms with Crippen LogP contribution in [0.15, 0.2) is 24.3 Å². The number of nitro groups is 1. The number of aliphatic hydroxyl groups is 1. The Labute approximate surface area is 112 Å². The molecular formula is C14H19NO4. The number of ether oxygens (including phenoxy) is 1. The van der Waals surface area contributed by atoms with E-state index in [1.807, 2.05) is 0 Å². The molecule has 1 N–H and O–H groups in total. The molecule has 1 unspecified atom stereocenters. The Morgan fingerprint density at radius 3 is 2.74 bits per heavy atom. The lowest BCUT2D eigenvalue weighted by atomic mass is 10.0. The van der Waals surface area contributed by atoms with Gasteiger partial charge in [0.15, 0.2) is 5.75 Å². The molecular weight excluding hydrogens is 246 g/mol. The van der Waals surface area contributed by atoms with Gasteiger partial charge in [-0.25, -0.2) is 0 Å². The molecule has 1 aromatic rings. The van der Waals surface area contributed by atoms with Crippen LogP contribution in [0.1, 0.15) is 32.1 Å². The zero-order chi connectivity index (χ0) is 13.7. The van der Waals surface area contributed by atoms with Gasteiger partial charge in [-0.05, 0) is 18.4 Å². The van der Waals surface area contributed by atoms with Gasteiger partial charge in [0.25, 0.3) is 0 Å². The van der Waals surface area contributed by atoms with E-state index in [9.17, 15) is 15.2 Å². The molecule has 0 bridgehead atoms. The average molecular weight is 265 g/mol. The minimum Gasteiger partial charge on any atom is -0.484 e. The molecule has 5 heteroatoms. The van der Waals surface area contributed by atoms with Gasteiger partial charge in [0.2, 0.25) is 0 Å². The van der Waals surface area contributed by atoms with E-state index in [0.29, 0.717) is 5.92 Å². The molecule has 19 heavy (non-hydrogen) atoms. The van der Waals surface area contributed by atoms with Gasteiger partial charge in [-0.3, -0.25) is 10.1 Å². The van der Waals surface area contributed by atoms with E-state index in [0.717, 1.165) is 6.42 Å². The Morgan fingerprint density at radius 1 is 1.37 bits per heavy atom. The van der Waals surface area contributed by atoms with Crippen molar-refractivity contribution in [1.29, 1.82) is 0 Å². The molecule has 0 heterocycles. The SMILES string of the molecule is O=[N+]([O-])c1ccccc1OCC(O)CC1CCCC1. The Bertz CT molecular complexity index is 429. The van der Waals surface area contributed by atoms with Crippen LogP contribution in [0.25, 0.3) is 0 Å². The number of hydrogen-bond donors (Lipinski definition) is 1. The maximum atomic E-state index is 10.8. The molecule has 104 valence electrons. The Balaban J connectivity index is 1.85. The summed E-state index contributed by atoms with van der Waals surface area (Å²) in [5.74, 6) is 0.794. The quantitative estimate of drug-likeness (QED) is 0.634. The summed E-state index contributed by atoms with van der Waals surface area (Å²) in [6, 6.07) is 6.24. The first-order chi connectivity index (χ1) is 9.16. The summed E-state index contributed by atoms with van der Waals surface area (Å²) in [5.41, 5.74) is -0.0597. The first-order valence-corrected chi connectivity index (χ1v) is 6.71. The third-order valence-electron chi connectivity index (χ3n) is 3.57. The largest absolute Gasteiger partial charge is 0.484 e. The van der Waals surface area contributed by atoms with Gasteiger partial charge >= 0.3 is 5.69 Å². The zero-order valence-electron chi connectivity index (χ0n) is 10.8.